The maximum atomic E-state index is 12.1. The second-order valence-electron chi connectivity index (χ2n) is 6.24. The minimum Gasteiger partial charge on any atom is -0.465 e. The molecule has 2 heterocycles. The standard InChI is InChI=1S/C15H24O4/c1-3-11(7-13-9(2)18-13)15(16)17-8-10-4-5-12-14(6-10)19-12/h9-14H,3-8H2,1-2H3. The van der Waals surface area contributed by atoms with Crippen LogP contribution < -0.4 is 0 Å². The van der Waals surface area contributed by atoms with Crippen molar-refractivity contribution in [2.75, 3.05) is 6.61 Å². The normalized spacial score (nSPS) is 41.3. The molecule has 3 aliphatic rings. The zero-order valence-corrected chi connectivity index (χ0v) is 11.8. The summed E-state index contributed by atoms with van der Waals surface area (Å²) in [6.45, 7) is 4.67. The molecular weight excluding hydrogens is 244 g/mol. The van der Waals surface area contributed by atoms with Crippen LogP contribution in [0.4, 0.5) is 0 Å². The number of fused-ring (bicyclic) bond motifs is 1. The third-order valence-corrected chi connectivity index (χ3v) is 4.75. The molecule has 6 atom stereocenters. The molecule has 0 aromatic heterocycles. The first-order chi connectivity index (χ1) is 9.17. The molecule has 0 bridgehead atoms. The van der Waals surface area contributed by atoms with E-state index < -0.39 is 0 Å². The van der Waals surface area contributed by atoms with Gasteiger partial charge in [-0.1, -0.05) is 6.92 Å². The van der Waals surface area contributed by atoms with Crippen molar-refractivity contribution >= 4 is 5.97 Å². The van der Waals surface area contributed by atoms with E-state index in [4.69, 9.17) is 14.2 Å². The Hall–Kier alpha value is -0.610. The van der Waals surface area contributed by atoms with E-state index in [9.17, 15) is 4.79 Å². The van der Waals surface area contributed by atoms with Crippen LogP contribution in [0.15, 0.2) is 0 Å². The molecule has 4 nitrogen and oxygen atoms in total. The molecule has 19 heavy (non-hydrogen) atoms. The molecule has 108 valence electrons. The molecule has 3 rings (SSSR count). The van der Waals surface area contributed by atoms with Gasteiger partial charge in [0.05, 0.1) is 36.9 Å². The van der Waals surface area contributed by atoms with E-state index >= 15 is 0 Å². The summed E-state index contributed by atoms with van der Waals surface area (Å²) in [5, 5.41) is 0. The summed E-state index contributed by atoms with van der Waals surface area (Å²) in [6.07, 6.45) is 6.56. The van der Waals surface area contributed by atoms with Crippen molar-refractivity contribution in [2.24, 2.45) is 11.8 Å². The van der Waals surface area contributed by atoms with Gasteiger partial charge in [-0.05, 0) is 44.9 Å². The van der Waals surface area contributed by atoms with Gasteiger partial charge in [0.25, 0.3) is 0 Å². The van der Waals surface area contributed by atoms with Gasteiger partial charge < -0.3 is 14.2 Å². The average molecular weight is 268 g/mol. The summed E-state index contributed by atoms with van der Waals surface area (Å²) in [5.41, 5.74) is 0. The van der Waals surface area contributed by atoms with Crippen molar-refractivity contribution in [1.82, 2.24) is 0 Å². The van der Waals surface area contributed by atoms with E-state index in [-0.39, 0.29) is 18.0 Å². The summed E-state index contributed by atoms with van der Waals surface area (Å²) in [5.74, 6) is 0.466. The molecule has 2 saturated heterocycles. The van der Waals surface area contributed by atoms with Gasteiger partial charge >= 0.3 is 5.97 Å². The van der Waals surface area contributed by atoms with E-state index in [1.165, 1.54) is 0 Å². The number of epoxide rings is 2. The smallest absolute Gasteiger partial charge is 0.309 e. The second kappa shape index (κ2) is 5.41. The van der Waals surface area contributed by atoms with E-state index in [2.05, 4.69) is 6.92 Å². The van der Waals surface area contributed by atoms with Gasteiger partial charge in [0.1, 0.15) is 0 Å². The van der Waals surface area contributed by atoms with E-state index in [1.54, 1.807) is 0 Å². The fourth-order valence-electron chi connectivity index (χ4n) is 3.14. The predicted octanol–water partition coefficient (Wildman–Crippen LogP) is 2.30. The summed E-state index contributed by atoms with van der Waals surface area (Å²) >= 11 is 0. The van der Waals surface area contributed by atoms with Crippen LogP contribution >= 0.6 is 0 Å². The van der Waals surface area contributed by atoms with E-state index in [1.807, 2.05) is 6.92 Å². The highest BCUT2D eigenvalue weighted by atomic mass is 16.6. The van der Waals surface area contributed by atoms with Crippen LogP contribution in [0.5, 0.6) is 0 Å². The topological polar surface area (TPSA) is 51.4 Å². The van der Waals surface area contributed by atoms with Gasteiger partial charge in [0.2, 0.25) is 0 Å². The number of hydrogen-bond acceptors (Lipinski definition) is 4. The highest BCUT2D eigenvalue weighted by Crippen LogP contribution is 2.39. The Morgan fingerprint density at radius 2 is 2.11 bits per heavy atom. The maximum Gasteiger partial charge on any atom is 0.309 e. The van der Waals surface area contributed by atoms with Gasteiger partial charge in [0, 0.05) is 0 Å². The molecule has 4 heteroatoms. The van der Waals surface area contributed by atoms with Crippen molar-refractivity contribution in [1.29, 1.82) is 0 Å². The Morgan fingerprint density at radius 3 is 2.74 bits per heavy atom. The van der Waals surface area contributed by atoms with Crippen molar-refractivity contribution in [3.8, 4) is 0 Å². The Morgan fingerprint density at radius 1 is 1.32 bits per heavy atom. The van der Waals surface area contributed by atoms with Gasteiger partial charge in [0.15, 0.2) is 0 Å². The summed E-state index contributed by atoms with van der Waals surface area (Å²) in [7, 11) is 0. The Bertz CT molecular complexity index is 343. The molecule has 1 saturated carbocycles. The number of esters is 1. The SMILES string of the molecule is CCC(CC1OC1C)C(=O)OCC1CCC2OC2C1. The van der Waals surface area contributed by atoms with Gasteiger partial charge in [-0.2, -0.15) is 0 Å². The fourth-order valence-corrected chi connectivity index (χ4v) is 3.14. The quantitative estimate of drug-likeness (QED) is 0.548. The first-order valence-corrected chi connectivity index (χ1v) is 7.65. The number of rotatable bonds is 6. The Balaban J connectivity index is 1.39. The molecule has 0 N–H and O–H groups in total. The third kappa shape index (κ3) is 3.29. The Kier molecular flexibility index (Phi) is 3.81. The van der Waals surface area contributed by atoms with Gasteiger partial charge in [-0.3, -0.25) is 4.79 Å². The number of carbonyl (C=O) groups is 1. The molecule has 2 aliphatic heterocycles. The van der Waals surface area contributed by atoms with Gasteiger partial charge in [-0.25, -0.2) is 0 Å². The monoisotopic (exact) mass is 268 g/mol. The predicted molar refractivity (Wildman–Crippen MR) is 69.7 cm³/mol. The number of hydrogen-bond donors (Lipinski definition) is 0. The lowest BCUT2D eigenvalue weighted by molar-refractivity contribution is -0.150. The molecule has 0 radical (unpaired) electrons. The van der Waals surface area contributed by atoms with Crippen LogP contribution in [0.2, 0.25) is 0 Å². The average Bonchev–Trinajstić information content (AvgIpc) is 3.30. The van der Waals surface area contributed by atoms with Crippen molar-refractivity contribution in [2.45, 2.75) is 70.4 Å². The lowest BCUT2D eigenvalue weighted by Gasteiger charge is -2.20. The maximum absolute atomic E-state index is 12.1. The first kappa shape index (κ1) is 13.4. The van der Waals surface area contributed by atoms with Crippen molar-refractivity contribution in [3.05, 3.63) is 0 Å². The van der Waals surface area contributed by atoms with Crippen LogP contribution in [0.1, 0.15) is 46.0 Å². The lowest BCUT2D eigenvalue weighted by Crippen LogP contribution is -2.24. The molecule has 1 aliphatic carbocycles. The third-order valence-electron chi connectivity index (χ3n) is 4.75. The summed E-state index contributed by atoms with van der Waals surface area (Å²) in [6, 6.07) is 0. The largest absolute Gasteiger partial charge is 0.465 e. The summed E-state index contributed by atoms with van der Waals surface area (Å²) in [4.78, 5) is 12.1. The van der Waals surface area contributed by atoms with Crippen molar-refractivity contribution < 1.29 is 19.0 Å². The molecular formula is C15H24O4. The number of ether oxygens (including phenoxy) is 3. The lowest BCUT2D eigenvalue weighted by atomic mass is 9.90. The highest BCUT2D eigenvalue weighted by Gasteiger charge is 2.44. The zero-order chi connectivity index (χ0) is 13.4. The minimum absolute atomic E-state index is 0.00321. The van der Waals surface area contributed by atoms with Crippen LogP contribution in [-0.4, -0.2) is 37.0 Å². The molecule has 0 amide bonds. The summed E-state index contributed by atoms with van der Waals surface area (Å²) < 4.78 is 16.4. The van der Waals surface area contributed by atoms with Crippen LogP contribution in [0.3, 0.4) is 0 Å². The van der Waals surface area contributed by atoms with E-state index in [0.717, 1.165) is 32.1 Å². The van der Waals surface area contributed by atoms with Gasteiger partial charge in [-0.15, -0.1) is 0 Å². The molecule has 6 unspecified atom stereocenters. The van der Waals surface area contributed by atoms with E-state index in [0.29, 0.717) is 30.8 Å². The minimum atomic E-state index is -0.0379. The van der Waals surface area contributed by atoms with Crippen LogP contribution in [0.25, 0.3) is 0 Å². The Labute approximate surface area is 114 Å². The van der Waals surface area contributed by atoms with Crippen molar-refractivity contribution in [3.63, 3.8) is 0 Å². The fraction of sp³-hybridized carbons (Fsp3) is 0.933. The first-order valence-electron chi connectivity index (χ1n) is 7.65. The molecule has 3 fully saturated rings. The molecule has 0 aromatic carbocycles. The molecule has 0 spiro atoms. The van der Waals surface area contributed by atoms with Crippen LogP contribution in [-0.2, 0) is 19.0 Å². The second-order valence-corrected chi connectivity index (χ2v) is 6.24. The molecule has 0 aromatic rings. The highest BCUT2D eigenvalue weighted by molar-refractivity contribution is 5.72. The zero-order valence-electron chi connectivity index (χ0n) is 11.8. The number of carbonyl (C=O) groups excluding carboxylic acids is 1. The van der Waals surface area contributed by atoms with Crippen LogP contribution in [0, 0.1) is 11.8 Å².